The highest BCUT2D eigenvalue weighted by Gasteiger charge is 2.30. The van der Waals surface area contributed by atoms with E-state index in [1.165, 1.54) is 6.33 Å². The fraction of sp³-hybridized carbons (Fsp3) is 0.625. The van der Waals surface area contributed by atoms with Gasteiger partial charge in [0.25, 0.3) is 0 Å². The summed E-state index contributed by atoms with van der Waals surface area (Å²) in [7, 11) is 0. The van der Waals surface area contributed by atoms with Gasteiger partial charge in [0.1, 0.15) is 11.9 Å². The lowest BCUT2D eigenvalue weighted by Gasteiger charge is -2.32. The second kappa shape index (κ2) is 6.85. The van der Waals surface area contributed by atoms with Gasteiger partial charge in [-0.2, -0.15) is 0 Å². The highest BCUT2D eigenvalue weighted by molar-refractivity contribution is 5.83. The molecule has 0 atom stereocenters. The first-order valence-electron chi connectivity index (χ1n) is 7.69. The van der Waals surface area contributed by atoms with Gasteiger partial charge in [-0.05, 0) is 39.7 Å². The first kappa shape index (κ1) is 16.4. The van der Waals surface area contributed by atoms with Crippen LogP contribution in [-0.4, -0.2) is 45.4 Å². The summed E-state index contributed by atoms with van der Waals surface area (Å²) in [6.07, 6.45) is 5.43. The molecule has 2 N–H and O–H groups in total. The Morgan fingerprint density at radius 1 is 1.41 bits per heavy atom. The third-order valence-electron chi connectivity index (χ3n) is 3.70. The number of nitrogens with two attached hydrogens (primary N) is 1. The molecular weight excluding hydrogens is 280 g/mol. The van der Waals surface area contributed by atoms with E-state index in [1.54, 1.807) is 11.1 Å². The van der Waals surface area contributed by atoms with E-state index >= 15 is 0 Å². The minimum absolute atomic E-state index is 0.236. The molecule has 0 bridgehead atoms. The highest BCUT2D eigenvalue weighted by atomic mass is 16.6. The van der Waals surface area contributed by atoms with Gasteiger partial charge >= 0.3 is 6.09 Å². The average molecular weight is 305 g/mol. The summed E-state index contributed by atoms with van der Waals surface area (Å²) < 4.78 is 5.40. The van der Waals surface area contributed by atoms with Crippen LogP contribution in [0.15, 0.2) is 18.6 Å². The predicted molar refractivity (Wildman–Crippen MR) is 83.2 cm³/mol. The second-order valence-corrected chi connectivity index (χ2v) is 6.69. The molecule has 0 radical (unpaired) electrons. The number of ether oxygens (including phenoxy) is 1. The molecule has 22 heavy (non-hydrogen) atoms. The summed E-state index contributed by atoms with van der Waals surface area (Å²) in [4.78, 5) is 21.9. The predicted octanol–water partition coefficient (Wildman–Crippen LogP) is 0.866. The topological polar surface area (TPSA) is 80.9 Å². The van der Waals surface area contributed by atoms with Crippen LogP contribution < -0.4 is 5.41 Å². The number of amides is 1. The number of piperidine rings is 1. The number of aromatic nitrogens is 2. The van der Waals surface area contributed by atoms with Crippen LogP contribution in [0.4, 0.5) is 4.79 Å². The number of likely N-dealkylation sites (tertiary alicyclic amines) is 1. The lowest BCUT2D eigenvalue weighted by Crippen LogP contribution is -2.50. The molecule has 0 saturated carbocycles. The summed E-state index contributed by atoms with van der Waals surface area (Å²) in [6.45, 7) is 7.01. The van der Waals surface area contributed by atoms with Crippen LogP contribution in [-0.2, 0) is 11.2 Å². The van der Waals surface area contributed by atoms with Crippen LogP contribution in [0.1, 0.15) is 39.3 Å². The van der Waals surface area contributed by atoms with Crippen LogP contribution in [0, 0.1) is 5.92 Å². The molecule has 2 heterocycles. The van der Waals surface area contributed by atoms with E-state index in [-0.39, 0.29) is 6.09 Å². The van der Waals surface area contributed by atoms with E-state index in [0.29, 0.717) is 25.4 Å². The highest BCUT2D eigenvalue weighted by Crippen LogP contribution is 2.20. The summed E-state index contributed by atoms with van der Waals surface area (Å²) in [5.41, 5.74) is 1.41. The molecule has 1 aliphatic heterocycles. The molecule has 120 valence electrons. The third kappa shape index (κ3) is 4.79. The minimum atomic E-state index is -0.452. The van der Waals surface area contributed by atoms with Crippen molar-refractivity contribution in [2.75, 3.05) is 13.1 Å². The van der Waals surface area contributed by atoms with Gasteiger partial charge in [0, 0.05) is 25.2 Å². The van der Waals surface area contributed by atoms with E-state index in [2.05, 4.69) is 9.97 Å². The van der Waals surface area contributed by atoms with Crippen molar-refractivity contribution in [2.24, 2.45) is 5.92 Å². The van der Waals surface area contributed by atoms with Gasteiger partial charge in [0.15, 0.2) is 5.71 Å². The zero-order valence-corrected chi connectivity index (χ0v) is 13.6. The fourth-order valence-electron chi connectivity index (χ4n) is 2.54. The summed E-state index contributed by atoms with van der Waals surface area (Å²) in [6, 6.07) is 1.88. The molecule has 1 saturated heterocycles. The molecule has 1 fully saturated rings. The average Bonchev–Trinajstić information content (AvgIpc) is 2.46. The lowest BCUT2D eigenvalue weighted by atomic mass is 9.90. The van der Waals surface area contributed by atoms with E-state index in [4.69, 9.17) is 10.1 Å². The number of carbonyl (C=O) groups excluding carboxylic acids is 1. The van der Waals surface area contributed by atoms with Crippen molar-refractivity contribution in [2.45, 2.75) is 45.6 Å². The Kier molecular flexibility index (Phi) is 5.11. The SMILES string of the molecule is CC(C)(C)OC(=O)N1CCC(C(=[NH2+])Cc2ccncn2)CC1. The Labute approximate surface area is 131 Å². The maximum Gasteiger partial charge on any atom is 0.410 e. The largest absolute Gasteiger partial charge is 0.444 e. The van der Waals surface area contributed by atoms with Gasteiger partial charge < -0.3 is 9.64 Å². The fourth-order valence-corrected chi connectivity index (χ4v) is 2.54. The van der Waals surface area contributed by atoms with E-state index in [1.807, 2.05) is 26.8 Å². The van der Waals surface area contributed by atoms with Gasteiger partial charge in [0.2, 0.25) is 0 Å². The Hall–Kier alpha value is -1.98. The normalized spacial score (nSPS) is 16.4. The summed E-state index contributed by atoms with van der Waals surface area (Å²) >= 11 is 0. The molecule has 1 aliphatic rings. The number of carbonyl (C=O) groups is 1. The molecule has 2 rings (SSSR count). The maximum absolute atomic E-state index is 12.0. The quantitative estimate of drug-likeness (QED) is 0.840. The first-order chi connectivity index (χ1) is 10.3. The summed E-state index contributed by atoms with van der Waals surface area (Å²) in [5, 5.41) is 6.23. The molecule has 6 heteroatoms. The zero-order chi connectivity index (χ0) is 16.2. The van der Waals surface area contributed by atoms with E-state index < -0.39 is 5.60 Å². The van der Waals surface area contributed by atoms with E-state index in [0.717, 1.165) is 24.2 Å². The molecule has 6 nitrogen and oxygen atoms in total. The second-order valence-electron chi connectivity index (χ2n) is 6.69. The van der Waals surface area contributed by atoms with Crippen molar-refractivity contribution < 1.29 is 14.9 Å². The molecule has 1 aromatic heterocycles. The minimum Gasteiger partial charge on any atom is -0.444 e. The van der Waals surface area contributed by atoms with Gasteiger partial charge in [-0.25, -0.2) is 14.8 Å². The van der Waals surface area contributed by atoms with E-state index in [9.17, 15) is 4.79 Å². The van der Waals surface area contributed by atoms with Crippen LogP contribution in [0.3, 0.4) is 0 Å². The van der Waals surface area contributed by atoms with Gasteiger partial charge in [-0.1, -0.05) is 0 Å². The molecule has 1 amide bonds. The van der Waals surface area contributed by atoms with Gasteiger partial charge in [-0.15, -0.1) is 0 Å². The van der Waals surface area contributed by atoms with Crippen molar-refractivity contribution >= 4 is 11.8 Å². The molecule has 0 aliphatic carbocycles. The Bertz CT molecular complexity index is 517. The zero-order valence-electron chi connectivity index (χ0n) is 13.6. The summed E-state index contributed by atoms with van der Waals surface area (Å²) in [5.74, 6) is 0.327. The smallest absolute Gasteiger partial charge is 0.410 e. The Morgan fingerprint density at radius 3 is 2.64 bits per heavy atom. The number of hydrogen-bond donors (Lipinski definition) is 1. The maximum atomic E-state index is 12.0. The monoisotopic (exact) mass is 305 g/mol. The Balaban J connectivity index is 1.82. The number of hydrogen-bond acceptors (Lipinski definition) is 4. The molecule has 0 aromatic carbocycles. The van der Waals surface area contributed by atoms with Crippen LogP contribution >= 0.6 is 0 Å². The first-order valence-corrected chi connectivity index (χ1v) is 7.69. The van der Waals surface area contributed by atoms with Crippen molar-refractivity contribution in [3.8, 4) is 0 Å². The molecule has 1 aromatic rings. The standard InChI is InChI=1S/C16H24N4O2/c1-16(2,3)22-15(21)20-8-5-12(6-9-20)14(17)10-13-4-7-18-11-19-13/h4,7,11-12,17H,5-6,8-10H2,1-3H3/p+1. The third-order valence-corrected chi connectivity index (χ3v) is 3.70. The van der Waals surface area contributed by atoms with Crippen molar-refractivity contribution in [3.05, 3.63) is 24.3 Å². The van der Waals surface area contributed by atoms with Crippen LogP contribution in [0.5, 0.6) is 0 Å². The number of nitrogens with zero attached hydrogens (tertiary/aromatic N) is 3. The lowest BCUT2D eigenvalue weighted by molar-refractivity contribution is -0.123. The molecular formula is C16H25N4O2+. The van der Waals surface area contributed by atoms with Crippen molar-refractivity contribution in [1.29, 1.82) is 0 Å². The van der Waals surface area contributed by atoms with Gasteiger partial charge in [-0.3, -0.25) is 5.41 Å². The van der Waals surface area contributed by atoms with Crippen molar-refractivity contribution in [3.63, 3.8) is 0 Å². The van der Waals surface area contributed by atoms with Crippen LogP contribution in [0.25, 0.3) is 0 Å². The Morgan fingerprint density at radius 2 is 2.09 bits per heavy atom. The number of rotatable bonds is 3. The molecule has 0 unspecified atom stereocenters. The molecule has 0 spiro atoms. The van der Waals surface area contributed by atoms with Gasteiger partial charge in [0.05, 0.1) is 12.1 Å². The van der Waals surface area contributed by atoms with Crippen LogP contribution in [0.2, 0.25) is 0 Å². The van der Waals surface area contributed by atoms with Crippen molar-refractivity contribution in [1.82, 2.24) is 14.9 Å².